The zero-order valence-electron chi connectivity index (χ0n) is 15.7. The van der Waals surface area contributed by atoms with Gasteiger partial charge >= 0.3 is 0 Å². The Kier molecular flexibility index (Phi) is 7.04. The fourth-order valence-corrected chi connectivity index (χ4v) is 4.90. The molecule has 8 nitrogen and oxygen atoms in total. The molecule has 5 atom stereocenters. The normalized spacial score (nSPS) is 26.2. The molecule has 3 N–H and O–H groups in total. The monoisotopic (exact) mass is 502 g/mol. The second-order valence-electron chi connectivity index (χ2n) is 6.87. The summed E-state index contributed by atoms with van der Waals surface area (Å²) in [5.41, 5.74) is 0.336. The van der Waals surface area contributed by atoms with Crippen molar-refractivity contribution in [1.29, 1.82) is 0 Å². The van der Waals surface area contributed by atoms with E-state index in [0.29, 0.717) is 31.2 Å². The topological polar surface area (TPSA) is 114 Å². The summed E-state index contributed by atoms with van der Waals surface area (Å²) in [6, 6.07) is 5.79. The number of benzene rings is 1. The smallest absolute Gasteiger partial charge is 0.136 e. The van der Waals surface area contributed by atoms with Crippen molar-refractivity contribution in [1.82, 2.24) is 20.0 Å². The van der Waals surface area contributed by atoms with E-state index in [1.54, 1.807) is 36.7 Å². The third-order valence-corrected chi connectivity index (χ3v) is 6.88. The van der Waals surface area contributed by atoms with Gasteiger partial charge in [0.25, 0.3) is 0 Å². The molecule has 0 radical (unpaired) electrons. The van der Waals surface area contributed by atoms with Crippen LogP contribution in [0, 0.1) is 0 Å². The number of thioether (sulfide) groups is 1. The van der Waals surface area contributed by atoms with Crippen molar-refractivity contribution < 1.29 is 20.1 Å². The first-order valence-electron chi connectivity index (χ1n) is 9.14. The molecule has 1 saturated heterocycles. The zero-order valence-corrected chi connectivity index (χ0v) is 18.8. The largest absolute Gasteiger partial charge is 0.394 e. The highest BCUT2D eigenvalue weighted by Crippen LogP contribution is 2.38. The quantitative estimate of drug-likeness (QED) is 0.487. The van der Waals surface area contributed by atoms with Gasteiger partial charge in [-0.1, -0.05) is 57.8 Å². The molecule has 0 aliphatic carbocycles. The molecule has 0 amide bonds. The maximum absolute atomic E-state index is 11.0. The van der Waals surface area contributed by atoms with E-state index in [2.05, 4.69) is 15.3 Å². The van der Waals surface area contributed by atoms with Crippen molar-refractivity contribution in [2.75, 3.05) is 6.61 Å². The Morgan fingerprint density at radius 3 is 2.58 bits per heavy atom. The first kappa shape index (κ1) is 22.8. The van der Waals surface area contributed by atoms with Crippen LogP contribution < -0.4 is 0 Å². The van der Waals surface area contributed by atoms with Crippen LogP contribution in [0.15, 0.2) is 47.8 Å². The predicted octanol–water partition coefficient (Wildman–Crippen LogP) is 3.07. The number of pyridine rings is 1. The molecule has 1 aromatic carbocycles. The average Bonchev–Trinajstić information content (AvgIpc) is 3.22. The summed E-state index contributed by atoms with van der Waals surface area (Å²) >= 11 is 19.2. The maximum Gasteiger partial charge on any atom is 0.136 e. The summed E-state index contributed by atoms with van der Waals surface area (Å²) in [6.45, 7) is -0.441. The Labute approximate surface area is 196 Å². The van der Waals surface area contributed by atoms with Crippen LogP contribution in [0.5, 0.6) is 0 Å². The van der Waals surface area contributed by atoms with E-state index in [4.69, 9.17) is 39.5 Å². The first-order chi connectivity index (χ1) is 14.9. The van der Waals surface area contributed by atoms with Crippen molar-refractivity contribution in [3.05, 3.63) is 57.9 Å². The molecule has 1 aliphatic heterocycles. The number of halogens is 3. The van der Waals surface area contributed by atoms with Crippen LogP contribution >= 0.6 is 46.6 Å². The summed E-state index contributed by atoms with van der Waals surface area (Å²) in [6.07, 6.45) is 1.32. The van der Waals surface area contributed by atoms with Gasteiger partial charge in [0.15, 0.2) is 0 Å². The van der Waals surface area contributed by atoms with E-state index < -0.39 is 36.4 Å². The summed E-state index contributed by atoms with van der Waals surface area (Å²) in [5.74, 6) is 0. The number of ether oxygens (including phenoxy) is 1. The minimum absolute atomic E-state index is 0.367. The molecular weight excluding hydrogens is 487 g/mol. The van der Waals surface area contributed by atoms with Gasteiger partial charge in [0, 0.05) is 22.9 Å². The van der Waals surface area contributed by atoms with Crippen molar-refractivity contribution in [2.45, 2.75) is 34.7 Å². The Balaban J connectivity index is 1.62. The molecule has 2 aromatic heterocycles. The molecule has 0 saturated carbocycles. The fraction of sp³-hybridized carbons (Fsp3) is 0.316. The highest BCUT2D eigenvalue weighted by Gasteiger charge is 2.46. The standard InChI is InChI=1S/C19H17Cl3N4O4S/c20-10-4-11(6-23-5-10)31-19-18(29)16(17(28)15(8-27)30-19)26-7-14(24-25-26)9-1-2-12(21)13(22)3-9/h1-7,15-19,27-29H,8H2. The highest BCUT2D eigenvalue weighted by atomic mass is 35.5. The minimum atomic E-state index is -1.22. The second kappa shape index (κ2) is 9.60. The molecule has 164 valence electrons. The lowest BCUT2D eigenvalue weighted by Gasteiger charge is -2.41. The van der Waals surface area contributed by atoms with E-state index in [1.807, 2.05) is 0 Å². The van der Waals surface area contributed by atoms with Gasteiger partial charge in [-0.15, -0.1) is 5.10 Å². The van der Waals surface area contributed by atoms with Gasteiger partial charge in [0.1, 0.15) is 35.5 Å². The zero-order chi connectivity index (χ0) is 22.1. The molecule has 3 aromatic rings. The van der Waals surface area contributed by atoms with Crippen LogP contribution in [0.2, 0.25) is 15.1 Å². The van der Waals surface area contributed by atoms with E-state index in [9.17, 15) is 15.3 Å². The number of aliphatic hydroxyl groups excluding tert-OH is 3. The lowest BCUT2D eigenvalue weighted by atomic mass is 9.97. The van der Waals surface area contributed by atoms with Crippen LogP contribution in [-0.2, 0) is 4.74 Å². The fourth-order valence-electron chi connectivity index (χ4n) is 3.28. The van der Waals surface area contributed by atoms with Crippen molar-refractivity contribution in [3.63, 3.8) is 0 Å². The van der Waals surface area contributed by atoms with Gasteiger partial charge in [0.05, 0.1) is 27.9 Å². The van der Waals surface area contributed by atoms with Crippen LogP contribution in [0.25, 0.3) is 11.3 Å². The molecule has 31 heavy (non-hydrogen) atoms. The van der Waals surface area contributed by atoms with Crippen LogP contribution in [0.3, 0.4) is 0 Å². The van der Waals surface area contributed by atoms with Gasteiger partial charge in [-0.05, 0) is 18.2 Å². The molecule has 1 aliphatic rings. The van der Waals surface area contributed by atoms with Crippen molar-refractivity contribution in [3.8, 4) is 11.3 Å². The van der Waals surface area contributed by atoms with Gasteiger partial charge in [-0.3, -0.25) is 4.98 Å². The average molecular weight is 504 g/mol. The SMILES string of the molecule is OCC1OC(Sc2cncc(Cl)c2)C(O)C(n2cc(-c3ccc(Cl)c(Cl)c3)nn2)C1O. The van der Waals surface area contributed by atoms with E-state index >= 15 is 0 Å². The predicted molar refractivity (Wildman–Crippen MR) is 117 cm³/mol. The molecule has 3 heterocycles. The molecule has 0 spiro atoms. The molecule has 4 rings (SSSR count). The maximum atomic E-state index is 11.0. The molecule has 5 unspecified atom stereocenters. The molecular formula is C19H17Cl3N4O4S. The second-order valence-corrected chi connectivity index (χ2v) is 9.29. The lowest BCUT2D eigenvalue weighted by Crippen LogP contribution is -2.55. The van der Waals surface area contributed by atoms with Gasteiger partial charge in [-0.25, -0.2) is 4.68 Å². The number of nitrogens with zero attached hydrogens (tertiary/aromatic N) is 4. The number of aromatic nitrogens is 4. The number of hydrogen-bond acceptors (Lipinski definition) is 8. The third kappa shape index (κ3) is 4.84. The van der Waals surface area contributed by atoms with Gasteiger partial charge in [0.2, 0.25) is 0 Å². The van der Waals surface area contributed by atoms with Crippen molar-refractivity contribution in [2.24, 2.45) is 0 Å². The Morgan fingerprint density at radius 2 is 1.87 bits per heavy atom. The first-order valence-corrected chi connectivity index (χ1v) is 11.2. The van der Waals surface area contributed by atoms with Crippen LogP contribution in [-0.4, -0.2) is 65.7 Å². The van der Waals surface area contributed by atoms with E-state index in [1.165, 1.54) is 22.6 Å². The summed E-state index contributed by atoms with van der Waals surface area (Å²) in [7, 11) is 0. The Morgan fingerprint density at radius 1 is 1.06 bits per heavy atom. The minimum Gasteiger partial charge on any atom is -0.394 e. The van der Waals surface area contributed by atoms with Gasteiger partial charge in [-0.2, -0.15) is 0 Å². The summed E-state index contributed by atoms with van der Waals surface area (Å²) in [4.78, 5) is 4.69. The van der Waals surface area contributed by atoms with Crippen LogP contribution in [0.4, 0.5) is 0 Å². The van der Waals surface area contributed by atoms with Crippen LogP contribution in [0.1, 0.15) is 6.04 Å². The van der Waals surface area contributed by atoms with Gasteiger partial charge < -0.3 is 20.1 Å². The molecule has 12 heteroatoms. The summed E-state index contributed by atoms with van der Waals surface area (Å²) < 4.78 is 7.09. The van der Waals surface area contributed by atoms with E-state index in [-0.39, 0.29) is 0 Å². The Hall–Kier alpha value is -1.43. The third-order valence-electron chi connectivity index (χ3n) is 4.81. The number of aliphatic hydroxyl groups is 3. The highest BCUT2D eigenvalue weighted by molar-refractivity contribution is 7.99. The summed E-state index contributed by atoms with van der Waals surface area (Å²) in [5, 5.41) is 40.8. The number of rotatable bonds is 5. The molecule has 0 bridgehead atoms. The number of hydrogen-bond donors (Lipinski definition) is 3. The lowest BCUT2D eigenvalue weighted by molar-refractivity contribution is -0.178. The molecule has 1 fully saturated rings. The Bertz CT molecular complexity index is 1070. The van der Waals surface area contributed by atoms with E-state index in [0.717, 1.165) is 0 Å². The van der Waals surface area contributed by atoms with Crippen molar-refractivity contribution >= 4 is 46.6 Å².